The van der Waals surface area contributed by atoms with Crippen molar-refractivity contribution in [2.24, 2.45) is 0 Å². The minimum Gasteiger partial charge on any atom is -0.394 e. The third kappa shape index (κ3) is 4.92. The van der Waals surface area contributed by atoms with Crippen LogP contribution in [0.25, 0.3) is 11.2 Å². The van der Waals surface area contributed by atoms with Crippen LogP contribution in [-0.2, 0) is 4.74 Å². The minimum atomic E-state index is -4.03. The van der Waals surface area contributed by atoms with Crippen molar-refractivity contribution in [1.29, 1.82) is 0 Å². The number of ether oxygens (including phenoxy) is 1. The Bertz CT molecular complexity index is 1730. The molecule has 0 saturated heterocycles. The lowest BCUT2D eigenvalue weighted by Gasteiger charge is -2.17. The van der Waals surface area contributed by atoms with Crippen molar-refractivity contribution in [3.05, 3.63) is 35.1 Å². The molecule has 36 heavy (non-hydrogen) atoms. The molecular formula is C24H31FN6O4S. The van der Waals surface area contributed by atoms with Crippen LogP contribution in [0.1, 0.15) is 64.2 Å². The molecular weight excluding hydrogens is 487 g/mol. The van der Waals surface area contributed by atoms with Crippen molar-refractivity contribution in [2.75, 3.05) is 24.2 Å². The number of aliphatic hydroxyl groups is 3. The lowest BCUT2D eigenvalue weighted by molar-refractivity contribution is -0.0629. The number of aryl methyl sites for hydroxylation is 1. The van der Waals surface area contributed by atoms with Gasteiger partial charge >= 0.3 is 0 Å². The first kappa shape index (κ1) is 15.1. The van der Waals surface area contributed by atoms with E-state index < -0.39 is 73.6 Å². The molecule has 6 atom stereocenters. The number of nitrogens with zero attached hydrogens (tertiary/aromatic N) is 5. The number of benzene rings is 1. The standard InChI is InChI=1S/C24H31FN6O4S/c1-3-8-36-24-27-22(26-16-10-14(16)13-5-4-12(2)15(25)9-13)19-23(28-24)31(30-29-19)17-11-18(35-7-6-32)21(34)20(17)33/h4-5,9,14,16-18,20-21,32-34H,3,6-8,10-11H2,1-2H3,(H,26,27,28)/t14-,16+,17+,18-,20-,21+/m0/s1/i6D2,10D2,11D2,14D,17D,18D,20D,21D. The number of aromatic nitrogens is 5. The van der Waals surface area contributed by atoms with Crippen molar-refractivity contribution in [1.82, 2.24) is 25.0 Å². The molecule has 4 N–H and O–H groups in total. The third-order valence-electron chi connectivity index (χ3n) is 5.37. The van der Waals surface area contributed by atoms with Crippen LogP contribution in [0.2, 0.25) is 0 Å². The van der Waals surface area contributed by atoms with Gasteiger partial charge in [-0.1, -0.05) is 36.0 Å². The van der Waals surface area contributed by atoms with Crippen molar-refractivity contribution < 1.29 is 39.5 Å². The summed E-state index contributed by atoms with van der Waals surface area (Å²) in [6.07, 6.45) is -17.3. The number of halogens is 1. The highest BCUT2D eigenvalue weighted by molar-refractivity contribution is 7.99. The first-order valence-corrected chi connectivity index (χ1v) is 12.0. The maximum Gasteiger partial charge on any atom is 0.191 e. The van der Waals surface area contributed by atoms with Crippen LogP contribution in [0.3, 0.4) is 0 Å². The van der Waals surface area contributed by atoms with Gasteiger partial charge in [0.2, 0.25) is 0 Å². The van der Waals surface area contributed by atoms with E-state index in [1.165, 1.54) is 19.1 Å². The summed E-state index contributed by atoms with van der Waals surface area (Å²) in [5.41, 5.74) is -0.638. The van der Waals surface area contributed by atoms with Crippen LogP contribution in [-0.4, -0.2) is 83.5 Å². The van der Waals surface area contributed by atoms with Gasteiger partial charge in [0, 0.05) is 30.9 Å². The van der Waals surface area contributed by atoms with Crippen molar-refractivity contribution in [3.8, 4) is 0 Å². The highest BCUT2D eigenvalue weighted by Gasteiger charge is 2.45. The highest BCUT2D eigenvalue weighted by Crippen LogP contribution is 2.44. The quantitative estimate of drug-likeness (QED) is 0.228. The van der Waals surface area contributed by atoms with E-state index in [0.717, 1.165) is 17.8 Å². The maximum atomic E-state index is 14.4. The van der Waals surface area contributed by atoms with Crippen LogP contribution in [0.15, 0.2) is 23.4 Å². The Kier molecular flexibility index (Phi) is 4.43. The fourth-order valence-electron chi connectivity index (χ4n) is 3.48. The number of anilines is 1. The van der Waals surface area contributed by atoms with Gasteiger partial charge in [-0.05, 0) is 36.9 Å². The number of hydrogen-bond donors (Lipinski definition) is 4. The zero-order chi connectivity index (χ0) is 35.4. The van der Waals surface area contributed by atoms with E-state index in [0.29, 0.717) is 12.2 Å². The molecule has 12 heteroatoms. The summed E-state index contributed by atoms with van der Waals surface area (Å²) in [5, 5.41) is 41.9. The summed E-state index contributed by atoms with van der Waals surface area (Å²) in [7, 11) is 0. The van der Waals surface area contributed by atoms with Gasteiger partial charge in [-0.3, -0.25) is 0 Å². The van der Waals surface area contributed by atoms with Crippen molar-refractivity contribution in [2.45, 2.75) is 74.4 Å². The Morgan fingerprint density at radius 2 is 2.17 bits per heavy atom. The molecule has 0 unspecified atom stereocenters. The van der Waals surface area contributed by atoms with Crippen molar-refractivity contribution >= 4 is 28.7 Å². The lowest BCUT2D eigenvalue weighted by Crippen LogP contribution is -2.33. The minimum absolute atomic E-state index is 0.0231. The monoisotopic (exact) mass is 529 g/mol. The summed E-state index contributed by atoms with van der Waals surface area (Å²) in [4.78, 5) is 8.59. The smallest absolute Gasteiger partial charge is 0.191 e. The zero-order valence-corrected chi connectivity index (χ0v) is 20.0. The van der Waals surface area contributed by atoms with E-state index in [1.54, 1.807) is 0 Å². The Hall–Kier alpha value is -2.38. The van der Waals surface area contributed by atoms with Gasteiger partial charge in [-0.25, -0.2) is 19.0 Å². The summed E-state index contributed by atoms with van der Waals surface area (Å²) >= 11 is 1.06. The summed E-state index contributed by atoms with van der Waals surface area (Å²) < 4.78 is 112. The van der Waals surface area contributed by atoms with Crippen LogP contribution in [0, 0.1) is 12.7 Å². The third-order valence-corrected chi connectivity index (χ3v) is 6.43. The van der Waals surface area contributed by atoms with E-state index in [9.17, 15) is 19.7 Å². The Labute approximate surface area is 227 Å². The number of nitrogens with one attached hydrogen (secondary N) is 1. The molecule has 2 saturated carbocycles. The van der Waals surface area contributed by atoms with Crippen molar-refractivity contribution in [3.63, 3.8) is 0 Å². The molecule has 2 aromatic heterocycles. The van der Waals surface area contributed by atoms with Gasteiger partial charge in [-0.2, -0.15) is 0 Å². The van der Waals surface area contributed by atoms with E-state index in [2.05, 4.69) is 25.6 Å². The average molecular weight is 530 g/mol. The van der Waals surface area contributed by atoms with Crippen LogP contribution in [0.4, 0.5) is 10.2 Å². The van der Waals surface area contributed by atoms with Gasteiger partial charge in [0.15, 0.2) is 22.1 Å². The van der Waals surface area contributed by atoms with E-state index in [1.807, 2.05) is 6.92 Å². The number of thioether (sulfide) groups is 1. The summed E-state index contributed by atoms with van der Waals surface area (Å²) in [6.45, 7) is -1.36. The molecule has 5 rings (SSSR count). The topological polar surface area (TPSA) is 138 Å². The molecule has 0 spiro atoms. The maximum absolute atomic E-state index is 14.4. The second-order valence-electron chi connectivity index (χ2n) is 7.92. The number of hydrogen-bond acceptors (Lipinski definition) is 10. The fourth-order valence-corrected chi connectivity index (χ4v) is 4.17. The SMILES string of the molecule is [2H]C([2H])(O)CO[C@@]1([2H])C([2H])([2H])[C@@]([2H])(n2nnc3c(N[C@@H]4C([2H])([2H])[C@@]4([2H])c4ccc(C)c(F)c4)nc(SCCC)nc32)[C@]([2H])(O)[C@]1([2H])O. The second kappa shape index (κ2) is 10.5. The Morgan fingerprint density at radius 3 is 2.92 bits per heavy atom. The molecule has 2 fully saturated rings. The van der Waals surface area contributed by atoms with Crippen LogP contribution >= 0.6 is 11.8 Å². The van der Waals surface area contributed by atoms with E-state index in [4.69, 9.17) is 19.8 Å². The average Bonchev–Trinajstić information content (AvgIpc) is 3.22. The lowest BCUT2D eigenvalue weighted by atomic mass is 10.1. The van der Waals surface area contributed by atoms with Gasteiger partial charge in [0.25, 0.3) is 0 Å². The van der Waals surface area contributed by atoms with Crippen LogP contribution in [0.5, 0.6) is 0 Å². The molecule has 3 aromatic rings. The molecule has 2 heterocycles. The zero-order valence-electron chi connectivity index (χ0n) is 30.2. The largest absolute Gasteiger partial charge is 0.394 e. The Balaban J connectivity index is 1.66. The van der Waals surface area contributed by atoms with E-state index >= 15 is 0 Å². The predicted octanol–water partition coefficient (Wildman–Crippen LogP) is 2.18. The Morgan fingerprint density at radius 1 is 1.33 bits per heavy atom. The molecule has 0 radical (unpaired) electrons. The molecule has 2 aliphatic carbocycles. The first-order valence-electron chi connectivity index (χ1n) is 16.5. The fraction of sp³-hybridized carbons (Fsp3) is 0.583. The highest BCUT2D eigenvalue weighted by atomic mass is 32.2. The van der Waals surface area contributed by atoms with Gasteiger partial charge in [0.1, 0.15) is 18.0 Å². The van der Waals surface area contributed by atoms with Gasteiger partial charge in [-0.15, -0.1) is 5.10 Å². The molecule has 2 aliphatic rings. The summed E-state index contributed by atoms with van der Waals surface area (Å²) in [6, 6.07) is -1.16. The predicted molar refractivity (Wildman–Crippen MR) is 133 cm³/mol. The normalized spacial score (nSPS) is 45.5. The first-order chi connectivity index (χ1) is 21.4. The molecule has 10 nitrogen and oxygen atoms in total. The second-order valence-corrected chi connectivity index (χ2v) is 8.98. The number of fused-ring (bicyclic) bond motifs is 1. The van der Waals surface area contributed by atoms with Gasteiger partial charge < -0.3 is 25.4 Å². The molecule has 0 amide bonds. The molecule has 194 valence electrons. The molecule has 0 bridgehead atoms. The molecule has 0 aliphatic heterocycles. The van der Waals surface area contributed by atoms with E-state index in [-0.39, 0.29) is 32.3 Å². The number of rotatable bonds is 10. The van der Waals surface area contributed by atoms with Gasteiger partial charge in [0.05, 0.1) is 33.5 Å². The van der Waals surface area contributed by atoms with Crippen LogP contribution < -0.4 is 5.32 Å². The molecule has 1 aromatic carbocycles. The summed E-state index contributed by atoms with van der Waals surface area (Å²) in [5.74, 6) is -2.51.